The molecule has 0 saturated heterocycles. The van der Waals surface area contributed by atoms with Crippen LogP contribution in [-0.4, -0.2) is 35.8 Å². The second-order valence-corrected chi connectivity index (χ2v) is 6.45. The molecule has 1 N–H and O–H groups in total. The molecule has 1 aliphatic rings. The predicted octanol–water partition coefficient (Wildman–Crippen LogP) is 3.69. The van der Waals surface area contributed by atoms with Crippen molar-refractivity contribution < 1.29 is 14.6 Å². The summed E-state index contributed by atoms with van der Waals surface area (Å²) in [5, 5.41) is 10.9. The Bertz CT molecular complexity index is 959. The Morgan fingerprint density at radius 2 is 1.96 bits per heavy atom. The molecule has 0 fully saturated rings. The van der Waals surface area contributed by atoms with Crippen molar-refractivity contribution in [1.29, 1.82) is 0 Å². The van der Waals surface area contributed by atoms with E-state index in [1.54, 1.807) is 32.7 Å². The molecule has 6 nitrogen and oxygen atoms in total. The summed E-state index contributed by atoms with van der Waals surface area (Å²) < 4.78 is 10.5. The van der Waals surface area contributed by atoms with Gasteiger partial charge in [-0.1, -0.05) is 25.6 Å². The molecule has 0 bridgehead atoms. The number of anilines is 1. The molecule has 0 radical (unpaired) electrons. The molecule has 27 heavy (non-hydrogen) atoms. The molecule has 0 atom stereocenters. The van der Waals surface area contributed by atoms with Crippen LogP contribution in [0.25, 0.3) is 10.9 Å². The minimum Gasteiger partial charge on any atom is -0.504 e. The monoisotopic (exact) mass is 367 g/mol. The van der Waals surface area contributed by atoms with Gasteiger partial charge in [0, 0.05) is 31.7 Å². The van der Waals surface area contributed by atoms with E-state index in [4.69, 9.17) is 9.47 Å². The molecule has 0 saturated carbocycles. The van der Waals surface area contributed by atoms with Gasteiger partial charge in [-0.15, -0.1) is 0 Å². The van der Waals surface area contributed by atoms with Crippen LogP contribution in [0, 0.1) is 0 Å². The summed E-state index contributed by atoms with van der Waals surface area (Å²) in [7, 11) is 3.26. The fourth-order valence-electron chi connectivity index (χ4n) is 3.52. The van der Waals surface area contributed by atoms with Gasteiger partial charge in [-0.25, -0.2) is 9.97 Å². The second kappa shape index (κ2) is 7.80. The first kappa shape index (κ1) is 18.9. The first-order valence-electron chi connectivity index (χ1n) is 8.56. The fourth-order valence-corrected chi connectivity index (χ4v) is 3.52. The van der Waals surface area contributed by atoms with Gasteiger partial charge >= 0.3 is 0 Å². The molecule has 2 aromatic carbocycles. The zero-order chi connectivity index (χ0) is 18.1. The standard InChI is InChI=1S/C20H21N3O3.CH4/c1-25-11-13-3-4-15-10-23(6-5-14(15)7-13)20-16-8-19(26-2)18(24)9-17(16)21-12-22-20;/h3-4,7-9,12,24H,5-6,10-11H2,1-2H3;1H4. The van der Waals surface area contributed by atoms with Crippen molar-refractivity contribution >= 4 is 16.7 Å². The Kier molecular flexibility index (Phi) is 5.46. The van der Waals surface area contributed by atoms with Crippen molar-refractivity contribution in [3.63, 3.8) is 0 Å². The molecular formula is C21H25N3O3. The van der Waals surface area contributed by atoms with Gasteiger partial charge in [-0.3, -0.25) is 0 Å². The number of benzene rings is 2. The molecule has 0 spiro atoms. The van der Waals surface area contributed by atoms with Gasteiger partial charge in [0.15, 0.2) is 11.5 Å². The number of methoxy groups -OCH3 is 2. The van der Waals surface area contributed by atoms with Crippen LogP contribution in [0.15, 0.2) is 36.7 Å². The Labute approximate surface area is 159 Å². The number of nitrogens with zero attached hydrogens (tertiary/aromatic N) is 3. The Morgan fingerprint density at radius 3 is 2.74 bits per heavy atom. The van der Waals surface area contributed by atoms with Crippen molar-refractivity contribution in [3.8, 4) is 11.5 Å². The fraction of sp³-hybridized carbons (Fsp3) is 0.333. The van der Waals surface area contributed by atoms with Crippen LogP contribution in [0.4, 0.5) is 5.82 Å². The third kappa shape index (κ3) is 3.53. The predicted molar refractivity (Wildman–Crippen MR) is 106 cm³/mol. The minimum atomic E-state index is 0. The summed E-state index contributed by atoms with van der Waals surface area (Å²) in [6.07, 6.45) is 2.49. The molecule has 2 heterocycles. The highest BCUT2D eigenvalue weighted by Crippen LogP contribution is 2.35. The van der Waals surface area contributed by atoms with Gasteiger partial charge in [-0.05, 0) is 29.2 Å². The molecular weight excluding hydrogens is 342 g/mol. The number of phenolic OH excluding ortho intramolecular Hbond substituents is 1. The molecule has 0 unspecified atom stereocenters. The highest BCUT2D eigenvalue weighted by Gasteiger charge is 2.20. The van der Waals surface area contributed by atoms with Crippen molar-refractivity contribution in [1.82, 2.24) is 9.97 Å². The summed E-state index contributed by atoms with van der Waals surface area (Å²) in [6.45, 7) is 2.30. The minimum absolute atomic E-state index is 0. The molecule has 142 valence electrons. The SMILES string of the molecule is C.COCc1ccc2c(c1)CCN(c1ncnc3cc(O)c(OC)cc13)C2. The quantitative estimate of drug-likeness (QED) is 0.759. The Balaban J connectivity index is 0.00000210. The first-order valence-corrected chi connectivity index (χ1v) is 8.56. The number of aromatic nitrogens is 2. The van der Waals surface area contributed by atoms with E-state index in [1.165, 1.54) is 16.7 Å². The number of ether oxygens (including phenoxy) is 2. The smallest absolute Gasteiger partial charge is 0.161 e. The normalized spacial score (nSPS) is 13.2. The largest absolute Gasteiger partial charge is 0.504 e. The van der Waals surface area contributed by atoms with E-state index >= 15 is 0 Å². The number of rotatable bonds is 4. The van der Waals surface area contributed by atoms with Crippen LogP contribution in [0.3, 0.4) is 0 Å². The van der Waals surface area contributed by atoms with E-state index in [0.29, 0.717) is 17.9 Å². The molecule has 0 aliphatic carbocycles. The number of hydrogen-bond acceptors (Lipinski definition) is 6. The van der Waals surface area contributed by atoms with Gasteiger partial charge in [0.2, 0.25) is 0 Å². The molecule has 4 rings (SSSR count). The van der Waals surface area contributed by atoms with E-state index in [0.717, 1.165) is 30.7 Å². The topological polar surface area (TPSA) is 67.7 Å². The lowest BCUT2D eigenvalue weighted by molar-refractivity contribution is 0.185. The number of phenols is 1. The van der Waals surface area contributed by atoms with E-state index < -0.39 is 0 Å². The Morgan fingerprint density at radius 1 is 1.11 bits per heavy atom. The molecule has 0 amide bonds. The van der Waals surface area contributed by atoms with E-state index in [-0.39, 0.29) is 13.2 Å². The maximum Gasteiger partial charge on any atom is 0.161 e. The lowest BCUT2D eigenvalue weighted by Crippen LogP contribution is -2.31. The van der Waals surface area contributed by atoms with Gasteiger partial charge < -0.3 is 19.5 Å². The lowest BCUT2D eigenvalue weighted by Gasteiger charge is -2.30. The number of hydrogen-bond donors (Lipinski definition) is 1. The average molecular weight is 367 g/mol. The van der Waals surface area contributed by atoms with Crippen LogP contribution in [-0.2, 0) is 24.3 Å². The summed E-state index contributed by atoms with van der Waals surface area (Å²) in [4.78, 5) is 11.0. The van der Waals surface area contributed by atoms with Crippen molar-refractivity contribution in [2.45, 2.75) is 27.0 Å². The van der Waals surface area contributed by atoms with Crippen LogP contribution in [0.2, 0.25) is 0 Å². The van der Waals surface area contributed by atoms with Gasteiger partial charge in [-0.2, -0.15) is 0 Å². The number of fused-ring (bicyclic) bond motifs is 2. The van der Waals surface area contributed by atoms with Crippen molar-refractivity contribution in [3.05, 3.63) is 53.3 Å². The van der Waals surface area contributed by atoms with E-state index in [2.05, 4.69) is 33.1 Å². The molecule has 1 aliphatic heterocycles. The van der Waals surface area contributed by atoms with Crippen LogP contribution in [0.1, 0.15) is 24.1 Å². The van der Waals surface area contributed by atoms with Gasteiger partial charge in [0.1, 0.15) is 12.1 Å². The molecule has 1 aromatic heterocycles. The molecule has 6 heteroatoms. The van der Waals surface area contributed by atoms with E-state index in [1.807, 2.05) is 0 Å². The second-order valence-electron chi connectivity index (χ2n) is 6.45. The first-order chi connectivity index (χ1) is 12.7. The highest BCUT2D eigenvalue weighted by atomic mass is 16.5. The third-order valence-electron chi connectivity index (χ3n) is 4.81. The van der Waals surface area contributed by atoms with Gasteiger partial charge in [0.25, 0.3) is 0 Å². The summed E-state index contributed by atoms with van der Waals surface area (Å²) in [5.41, 5.74) is 4.57. The summed E-state index contributed by atoms with van der Waals surface area (Å²) in [5.74, 6) is 1.37. The average Bonchev–Trinajstić information content (AvgIpc) is 2.66. The number of aromatic hydroxyl groups is 1. The van der Waals surface area contributed by atoms with E-state index in [9.17, 15) is 5.11 Å². The highest BCUT2D eigenvalue weighted by molar-refractivity contribution is 5.92. The zero-order valence-corrected chi connectivity index (χ0v) is 14.9. The van der Waals surface area contributed by atoms with Crippen molar-refractivity contribution in [2.75, 3.05) is 25.7 Å². The van der Waals surface area contributed by atoms with Gasteiger partial charge in [0.05, 0.1) is 19.2 Å². The van der Waals surface area contributed by atoms with Crippen molar-refractivity contribution in [2.24, 2.45) is 0 Å². The molecule has 3 aromatic rings. The van der Waals surface area contributed by atoms with Crippen LogP contribution >= 0.6 is 0 Å². The maximum absolute atomic E-state index is 10.0. The zero-order valence-electron chi connectivity index (χ0n) is 14.9. The summed E-state index contributed by atoms with van der Waals surface area (Å²) >= 11 is 0. The summed E-state index contributed by atoms with van der Waals surface area (Å²) in [6, 6.07) is 9.94. The maximum atomic E-state index is 10.0. The Hall–Kier alpha value is -2.86. The van der Waals surface area contributed by atoms with Crippen LogP contribution < -0.4 is 9.64 Å². The van der Waals surface area contributed by atoms with Crippen LogP contribution in [0.5, 0.6) is 11.5 Å². The lowest BCUT2D eigenvalue weighted by atomic mass is 9.97. The third-order valence-corrected chi connectivity index (χ3v) is 4.81.